The van der Waals surface area contributed by atoms with E-state index in [9.17, 15) is 19.4 Å². The molecule has 0 aromatic carbocycles. The number of hydrogen-bond acceptors (Lipinski definition) is 5. The second kappa shape index (κ2) is 32.6. The molecule has 3 atom stereocenters. The Bertz CT molecular complexity index is 902. The first-order chi connectivity index (χ1) is 23.5. The molecule has 0 heterocycles. The molecule has 9 heteroatoms. The van der Waals surface area contributed by atoms with E-state index in [1.54, 1.807) is 6.08 Å². The van der Waals surface area contributed by atoms with Gasteiger partial charge >= 0.3 is 7.82 Å². The minimum absolute atomic E-state index is 0.0541. The Labute approximate surface area is 302 Å². The van der Waals surface area contributed by atoms with E-state index in [0.717, 1.165) is 64.2 Å². The van der Waals surface area contributed by atoms with Gasteiger partial charge in [0, 0.05) is 6.42 Å². The lowest BCUT2D eigenvalue weighted by Gasteiger charge is -2.25. The molecule has 288 valence electrons. The molecular weight excluding hydrogens is 635 g/mol. The number of amides is 1. The molecule has 0 fully saturated rings. The highest BCUT2D eigenvalue weighted by molar-refractivity contribution is 7.47. The summed E-state index contributed by atoms with van der Waals surface area (Å²) in [6.07, 6.45) is 37.9. The molecule has 0 aromatic rings. The summed E-state index contributed by atoms with van der Waals surface area (Å²) < 4.78 is 23.4. The molecule has 3 N–H and O–H groups in total. The van der Waals surface area contributed by atoms with E-state index in [-0.39, 0.29) is 19.1 Å². The first-order valence-electron chi connectivity index (χ1n) is 19.9. The quantitative estimate of drug-likeness (QED) is 0.0261. The standard InChI is InChI=1S/C40H77N2O6P/c1-6-8-10-12-14-16-18-19-20-21-22-23-24-25-27-29-31-33-39(43)38(37-48-49(45,46)47-36-35-42(3,4)5)41-40(44)34-32-30-28-26-17-15-13-11-9-7-2/h11,13,24-25,31,33,38-39,43H,6-10,12,14-23,26-30,32,34-37H2,1-5H3,(H-,41,44,45,46)/p+1/b13-11-,25-24+,33-31+. The van der Waals surface area contributed by atoms with Crippen LogP contribution in [0.25, 0.3) is 0 Å². The molecule has 3 unspecified atom stereocenters. The van der Waals surface area contributed by atoms with E-state index in [1.165, 1.54) is 77.0 Å². The number of hydrogen-bond donors (Lipinski definition) is 3. The fourth-order valence-corrected chi connectivity index (χ4v) is 6.09. The Hall–Kier alpha value is -1.28. The number of aliphatic hydroxyl groups is 1. The van der Waals surface area contributed by atoms with E-state index in [4.69, 9.17) is 9.05 Å². The number of carbonyl (C=O) groups excluding carboxylic acids is 1. The fraction of sp³-hybridized carbons (Fsp3) is 0.825. The Balaban J connectivity index is 4.55. The Morgan fingerprint density at radius 1 is 0.673 bits per heavy atom. The van der Waals surface area contributed by atoms with Crippen molar-refractivity contribution in [3.8, 4) is 0 Å². The first kappa shape index (κ1) is 47.7. The molecule has 0 radical (unpaired) electrons. The largest absolute Gasteiger partial charge is 0.472 e. The highest BCUT2D eigenvalue weighted by atomic mass is 31.2. The van der Waals surface area contributed by atoms with Crippen LogP contribution in [0.3, 0.4) is 0 Å². The van der Waals surface area contributed by atoms with Crippen molar-refractivity contribution in [3.63, 3.8) is 0 Å². The van der Waals surface area contributed by atoms with Crippen LogP contribution >= 0.6 is 7.82 Å². The van der Waals surface area contributed by atoms with Crippen LogP contribution in [0.1, 0.15) is 162 Å². The highest BCUT2D eigenvalue weighted by Gasteiger charge is 2.27. The number of nitrogens with one attached hydrogen (secondary N) is 1. The Morgan fingerprint density at radius 2 is 1.16 bits per heavy atom. The van der Waals surface area contributed by atoms with Crippen molar-refractivity contribution in [2.24, 2.45) is 0 Å². The molecule has 49 heavy (non-hydrogen) atoms. The molecule has 0 aliphatic heterocycles. The van der Waals surface area contributed by atoms with Gasteiger partial charge < -0.3 is 19.8 Å². The maximum atomic E-state index is 12.7. The van der Waals surface area contributed by atoms with Crippen molar-refractivity contribution in [2.45, 2.75) is 174 Å². The van der Waals surface area contributed by atoms with Crippen LogP contribution in [0.5, 0.6) is 0 Å². The number of phosphoric acid groups is 1. The number of phosphoric ester groups is 1. The van der Waals surface area contributed by atoms with E-state index >= 15 is 0 Å². The van der Waals surface area contributed by atoms with Gasteiger partial charge in [-0.05, 0) is 51.4 Å². The molecule has 0 aliphatic carbocycles. The van der Waals surface area contributed by atoms with Crippen molar-refractivity contribution < 1.29 is 32.9 Å². The zero-order chi connectivity index (χ0) is 36.5. The van der Waals surface area contributed by atoms with Gasteiger partial charge in [-0.25, -0.2) is 4.57 Å². The van der Waals surface area contributed by atoms with Crippen molar-refractivity contribution in [2.75, 3.05) is 40.9 Å². The van der Waals surface area contributed by atoms with Crippen LogP contribution in [0.15, 0.2) is 36.5 Å². The van der Waals surface area contributed by atoms with Crippen LogP contribution in [-0.4, -0.2) is 73.4 Å². The predicted molar refractivity (Wildman–Crippen MR) is 208 cm³/mol. The second-order valence-corrected chi connectivity index (χ2v) is 16.1. The number of quaternary nitrogens is 1. The number of nitrogens with zero attached hydrogens (tertiary/aromatic N) is 1. The van der Waals surface area contributed by atoms with Crippen LogP contribution in [0.4, 0.5) is 0 Å². The third-order valence-corrected chi connectivity index (χ3v) is 9.55. The minimum Gasteiger partial charge on any atom is -0.387 e. The van der Waals surface area contributed by atoms with E-state index in [1.807, 2.05) is 27.2 Å². The van der Waals surface area contributed by atoms with Gasteiger partial charge in [0.1, 0.15) is 13.2 Å². The normalized spacial score (nSPS) is 15.0. The summed E-state index contributed by atoms with van der Waals surface area (Å²) in [5.74, 6) is -0.201. The van der Waals surface area contributed by atoms with Gasteiger partial charge in [0.05, 0.1) is 39.9 Å². The van der Waals surface area contributed by atoms with Gasteiger partial charge in [-0.1, -0.05) is 140 Å². The number of aliphatic hydroxyl groups excluding tert-OH is 1. The number of carbonyl (C=O) groups is 1. The summed E-state index contributed by atoms with van der Waals surface area (Å²) in [7, 11) is 1.54. The zero-order valence-electron chi connectivity index (χ0n) is 32.4. The van der Waals surface area contributed by atoms with Crippen molar-refractivity contribution in [1.29, 1.82) is 0 Å². The molecule has 0 spiro atoms. The third-order valence-electron chi connectivity index (χ3n) is 8.56. The van der Waals surface area contributed by atoms with E-state index < -0.39 is 20.0 Å². The molecule has 0 saturated carbocycles. The molecule has 0 aromatic heterocycles. The third kappa shape index (κ3) is 34.9. The molecule has 0 aliphatic rings. The Morgan fingerprint density at radius 3 is 1.71 bits per heavy atom. The average molecular weight is 714 g/mol. The first-order valence-corrected chi connectivity index (χ1v) is 21.4. The molecular formula is C40H78N2O6P+. The molecule has 1 amide bonds. The Kier molecular flexibility index (Phi) is 31.8. The summed E-state index contributed by atoms with van der Waals surface area (Å²) >= 11 is 0. The lowest BCUT2D eigenvalue weighted by Crippen LogP contribution is -2.45. The van der Waals surface area contributed by atoms with Crippen molar-refractivity contribution in [3.05, 3.63) is 36.5 Å². The highest BCUT2D eigenvalue weighted by Crippen LogP contribution is 2.43. The van der Waals surface area contributed by atoms with Crippen LogP contribution < -0.4 is 5.32 Å². The average Bonchev–Trinajstić information content (AvgIpc) is 3.04. The summed E-state index contributed by atoms with van der Waals surface area (Å²) in [5, 5.41) is 13.7. The number of allylic oxidation sites excluding steroid dienone is 5. The number of likely N-dealkylation sites (N-methyl/N-ethyl adjacent to an activating group) is 1. The van der Waals surface area contributed by atoms with Gasteiger partial charge in [-0.3, -0.25) is 13.8 Å². The summed E-state index contributed by atoms with van der Waals surface area (Å²) in [6, 6.07) is -0.863. The van der Waals surface area contributed by atoms with Crippen molar-refractivity contribution in [1.82, 2.24) is 5.32 Å². The number of rotatable bonds is 35. The van der Waals surface area contributed by atoms with Crippen LogP contribution in [0, 0.1) is 0 Å². The lowest BCUT2D eigenvalue weighted by molar-refractivity contribution is -0.870. The molecule has 0 saturated heterocycles. The maximum absolute atomic E-state index is 12.7. The second-order valence-electron chi connectivity index (χ2n) is 14.6. The lowest BCUT2D eigenvalue weighted by atomic mass is 10.1. The monoisotopic (exact) mass is 714 g/mol. The SMILES string of the molecule is CCC/C=C\CCCCCCCC(=O)NC(COP(=O)(O)OCC[N+](C)(C)C)C(O)/C=C/CC/C=C/CCCCCCCCCCCCC. The van der Waals surface area contributed by atoms with Gasteiger partial charge in [0.15, 0.2) is 0 Å². The maximum Gasteiger partial charge on any atom is 0.472 e. The minimum atomic E-state index is -4.34. The van der Waals surface area contributed by atoms with Gasteiger partial charge in [-0.15, -0.1) is 0 Å². The summed E-state index contributed by atoms with van der Waals surface area (Å²) in [5.41, 5.74) is 0. The van der Waals surface area contributed by atoms with E-state index in [2.05, 4.69) is 43.5 Å². The molecule has 0 bridgehead atoms. The smallest absolute Gasteiger partial charge is 0.387 e. The predicted octanol–water partition coefficient (Wildman–Crippen LogP) is 10.4. The summed E-state index contributed by atoms with van der Waals surface area (Å²) in [6.45, 7) is 4.70. The topological polar surface area (TPSA) is 105 Å². The molecule has 8 nitrogen and oxygen atoms in total. The van der Waals surface area contributed by atoms with Crippen molar-refractivity contribution >= 4 is 13.7 Å². The van der Waals surface area contributed by atoms with E-state index in [0.29, 0.717) is 17.4 Å². The zero-order valence-corrected chi connectivity index (χ0v) is 33.3. The van der Waals surface area contributed by atoms with Crippen LogP contribution in [0.2, 0.25) is 0 Å². The van der Waals surface area contributed by atoms with Gasteiger partial charge in [-0.2, -0.15) is 0 Å². The fourth-order valence-electron chi connectivity index (χ4n) is 5.35. The van der Waals surface area contributed by atoms with Gasteiger partial charge in [0.25, 0.3) is 0 Å². The van der Waals surface area contributed by atoms with Gasteiger partial charge in [0.2, 0.25) is 5.91 Å². The van der Waals surface area contributed by atoms with Crippen LogP contribution in [-0.2, 0) is 18.4 Å². The molecule has 0 rings (SSSR count). The summed E-state index contributed by atoms with van der Waals surface area (Å²) in [4.78, 5) is 22.9. The number of unbranched alkanes of at least 4 members (excludes halogenated alkanes) is 18.